The molecule has 10 heavy (non-hydrogen) atoms. The zero-order valence-corrected chi connectivity index (χ0v) is 6.69. The van der Waals surface area contributed by atoms with Gasteiger partial charge in [-0.25, -0.2) is 4.39 Å². The minimum atomic E-state index is -0.879. The minimum Gasteiger partial charge on any atom is -0.402 e. The summed E-state index contributed by atoms with van der Waals surface area (Å²) in [6.07, 6.45) is 2.52. The average molecular weight is 143 g/mol. The summed E-state index contributed by atoms with van der Waals surface area (Å²) in [7, 11) is 0. The molecule has 0 aliphatic heterocycles. The van der Waals surface area contributed by atoms with E-state index in [-0.39, 0.29) is 0 Å². The lowest BCUT2D eigenvalue weighted by molar-refractivity contribution is 0.411. The molecular formula is C8H14FN. The molecule has 0 aliphatic rings. The fraction of sp³-hybridized carbons (Fsp3) is 0.500. The summed E-state index contributed by atoms with van der Waals surface area (Å²) >= 11 is 0. The van der Waals surface area contributed by atoms with E-state index in [9.17, 15) is 4.39 Å². The highest BCUT2D eigenvalue weighted by Crippen LogP contribution is 2.04. The van der Waals surface area contributed by atoms with E-state index < -0.39 is 6.17 Å². The van der Waals surface area contributed by atoms with E-state index in [1.807, 2.05) is 0 Å². The molecule has 2 heteroatoms. The fourth-order valence-electron chi connectivity index (χ4n) is 0.395. The lowest BCUT2D eigenvalue weighted by Crippen LogP contribution is -1.94. The highest BCUT2D eigenvalue weighted by atomic mass is 19.1. The molecule has 1 nitrogen and oxygen atoms in total. The third-order valence-corrected chi connectivity index (χ3v) is 1.24. The topological polar surface area (TPSA) is 26.0 Å². The summed E-state index contributed by atoms with van der Waals surface area (Å²) in [5.41, 5.74) is 6.73. The molecule has 2 N–H and O–H groups in total. The number of alkyl halides is 1. The molecule has 0 saturated carbocycles. The Morgan fingerprint density at radius 2 is 1.90 bits per heavy atom. The van der Waals surface area contributed by atoms with Gasteiger partial charge in [0.05, 0.1) is 0 Å². The van der Waals surface area contributed by atoms with Crippen molar-refractivity contribution >= 4 is 0 Å². The van der Waals surface area contributed by atoms with Crippen molar-refractivity contribution in [3.05, 3.63) is 23.4 Å². The van der Waals surface area contributed by atoms with Crippen molar-refractivity contribution in [1.82, 2.24) is 0 Å². The van der Waals surface area contributed by atoms with E-state index in [1.165, 1.54) is 6.92 Å². The van der Waals surface area contributed by atoms with Crippen LogP contribution in [-0.4, -0.2) is 6.17 Å². The van der Waals surface area contributed by atoms with Crippen LogP contribution >= 0.6 is 0 Å². The number of nitrogens with two attached hydrogens (primary N) is 1. The number of hydrogen-bond donors (Lipinski definition) is 1. The SMILES string of the molecule is C/C(N)=C\C=C(/C)C(C)F. The Labute approximate surface area is 61.4 Å². The maximum Gasteiger partial charge on any atom is 0.118 e. The lowest BCUT2D eigenvalue weighted by Gasteiger charge is -1.98. The van der Waals surface area contributed by atoms with Gasteiger partial charge >= 0.3 is 0 Å². The van der Waals surface area contributed by atoms with Gasteiger partial charge in [-0.05, 0) is 32.4 Å². The van der Waals surface area contributed by atoms with Crippen LogP contribution in [0.25, 0.3) is 0 Å². The molecule has 0 bridgehead atoms. The van der Waals surface area contributed by atoms with Crippen LogP contribution in [-0.2, 0) is 0 Å². The Hall–Kier alpha value is -0.790. The molecule has 0 aliphatic carbocycles. The minimum absolute atomic E-state index is 0.694. The summed E-state index contributed by atoms with van der Waals surface area (Å²) in [4.78, 5) is 0. The predicted molar refractivity (Wildman–Crippen MR) is 42.3 cm³/mol. The van der Waals surface area contributed by atoms with Crippen molar-refractivity contribution in [3.63, 3.8) is 0 Å². The van der Waals surface area contributed by atoms with E-state index in [0.29, 0.717) is 11.3 Å². The van der Waals surface area contributed by atoms with Crippen molar-refractivity contribution in [2.24, 2.45) is 5.73 Å². The molecule has 0 rings (SSSR count). The maximum atomic E-state index is 12.4. The molecule has 1 atom stereocenters. The van der Waals surface area contributed by atoms with E-state index in [2.05, 4.69) is 0 Å². The van der Waals surface area contributed by atoms with Crippen LogP contribution in [0.15, 0.2) is 23.4 Å². The smallest absolute Gasteiger partial charge is 0.118 e. The van der Waals surface area contributed by atoms with Gasteiger partial charge in [-0.1, -0.05) is 6.08 Å². The van der Waals surface area contributed by atoms with Gasteiger partial charge in [0.1, 0.15) is 6.17 Å². The van der Waals surface area contributed by atoms with Crippen LogP contribution in [0.3, 0.4) is 0 Å². The van der Waals surface area contributed by atoms with Gasteiger partial charge in [0, 0.05) is 5.70 Å². The number of hydrogen-bond acceptors (Lipinski definition) is 1. The third kappa shape index (κ3) is 4.13. The van der Waals surface area contributed by atoms with Crippen LogP contribution in [0.2, 0.25) is 0 Å². The number of rotatable bonds is 2. The van der Waals surface area contributed by atoms with Crippen LogP contribution < -0.4 is 5.73 Å². The maximum absolute atomic E-state index is 12.4. The van der Waals surface area contributed by atoms with Gasteiger partial charge in [0.2, 0.25) is 0 Å². The largest absolute Gasteiger partial charge is 0.402 e. The Kier molecular flexibility index (Phi) is 3.77. The molecule has 58 valence electrons. The summed E-state index contributed by atoms with van der Waals surface area (Å²) in [6.45, 7) is 5.02. The van der Waals surface area contributed by atoms with Crippen LogP contribution in [0.1, 0.15) is 20.8 Å². The van der Waals surface area contributed by atoms with Gasteiger partial charge in [0.25, 0.3) is 0 Å². The van der Waals surface area contributed by atoms with Crippen molar-refractivity contribution < 1.29 is 4.39 Å². The molecule has 0 aromatic rings. The summed E-state index contributed by atoms with van der Waals surface area (Å²) in [6, 6.07) is 0. The Bertz CT molecular complexity index is 153. The second kappa shape index (κ2) is 4.09. The van der Waals surface area contributed by atoms with Gasteiger partial charge in [-0.3, -0.25) is 0 Å². The Morgan fingerprint density at radius 3 is 2.20 bits per heavy atom. The number of halogens is 1. The van der Waals surface area contributed by atoms with Crippen LogP contribution in [0.5, 0.6) is 0 Å². The standard InChI is InChI=1S/C8H14FN/c1-6(8(3)9)4-5-7(2)10/h4-5,8H,10H2,1-3H3/b6-4+,7-5+. The van der Waals surface area contributed by atoms with Crippen molar-refractivity contribution in [1.29, 1.82) is 0 Å². The fourth-order valence-corrected chi connectivity index (χ4v) is 0.395. The molecule has 0 radical (unpaired) electrons. The first kappa shape index (κ1) is 9.21. The molecule has 0 aromatic heterocycles. The van der Waals surface area contributed by atoms with E-state index in [4.69, 9.17) is 5.73 Å². The molecule has 0 aromatic carbocycles. The summed E-state index contributed by atoms with van der Waals surface area (Å²) in [5.74, 6) is 0. The normalized spacial score (nSPS) is 17.2. The predicted octanol–water partition coefficient (Wildman–Crippen LogP) is 2.15. The molecular weight excluding hydrogens is 129 g/mol. The second-order valence-electron chi connectivity index (χ2n) is 2.44. The molecule has 1 unspecified atom stereocenters. The van der Waals surface area contributed by atoms with Gasteiger partial charge in [0.15, 0.2) is 0 Å². The zero-order chi connectivity index (χ0) is 8.15. The van der Waals surface area contributed by atoms with E-state index in [0.717, 1.165) is 0 Å². The van der Waals surface area contributed by atoms with Crippen molar-refractivity contribution in [3.8, 4) is 0 Å². The Morgan fingerprint density at radius 1 is 1.40 bits per heavy atom. The first-order valence-electron chi connectivity index (χ1n) is 3.28. The van der Waals surface area contributed by atoms with Crippen LogP contribution in [0.4, 0.5) is 4.39 Å². The third-order valence-electron chi connectivity index (χ3n) is 1.24. The molecule has 0 spiro atoms. The van der Waals surface area contributed by atoms with Crippen molar-refractivity contribution in [2.75, 3.05) is 0 Å². The lowest BCUT2D eigenvalue weighted by atomic mass is 10.2. The van der Waals surface area contributed by atoms with E-state index >= 15 is 0 Å². The number of allylic oxidation sites excluding steroid dienone is 4. The molecule has 0 fully saturated rings. The quantitative estimate of drug-likeness (QED) is 0.589. The molecule has 0 amide bonds. The van der Waals surface area contributed by atoms with Gasteiger partial charge in [-0.2, -0.15) is 0 Å². The Balaban J connectivity index is 4.05. The van der Waals surface area contributed by atoms with E-state index in [1.54, 1.807) is 26.0 Å². The van der Waals surface area contributed by atoms with Gasteiger partial charge in [-0.15, -0.1) is 0 Å². The monoisotopic (exact) mass is 143 g/mol. The zero-order valence-electron chi connectivity index (χ0n) is 6.69. The second-order valence-corrected chi connectivity index (χ2v) is 2.44. The van der Waals surface area contributed by atoms with Crippen LogP contribution in [0, 0.1) is 0 Å². The molecule has 0 saturated heterocycles. The van der Waals surface area contributed by atoms with Crippen molar-refractivity contribution in [2.45, 2.75) is 26.9 Å². The summed E-state index contributed by atoms with van der Waals surface area (Å²) in [5, 5.41) is 0. The first-order chi connectivity index (χ1) is 4.54. The summed E-state index contributed by atoms with van der Waals surface area (Å²) < 4.78 is 12.4. The molecule has 0 heterocycles. The van der Waals surface area contributed by atoms with Gasteiger partial charge < -0.3 is 5.73 Å². The average Bonchev–Trinajstić information content (AvgIpc) is 1.82. The first-order valence-corrected chi connectivity index (χ1v) is 3.28. The highest BCUT2D eigenvalue weighted by molar-refractivity contribution is 5.15. The highest BCUT2D eigenvalue weighted by Gasteiger charge is 1.96.